The molecule has 15 heavy (non-hydrogen) atoms. The standard InChI is InChI=1S/C13H6OS/c14-13-9-5-1-3-7-11(9)15-12-8-4-2-6-10(12)13/h1,3-5,7-8H. The zero-order valence-corrected chi connectivity index (χ0v) is 8.60. The van der Waals surface area contributed by atoms with E-state index >= 15 is 0 Å². The Morgan fingerprint density at radius 3 is 2.87 bits per heavy atom. The van der Waals surface area contributed by atoms with Crippen LogP contribution in [0.2, 0.25) is 0 Å². The van der Waals surface area contributed by atoms with Crippen LogP contribution in [0.1, 0.15) is 0 Å². The first-order valence-corrected chi connectivity index (χ1v) is 5.42. The first kappa shape index (κ1) is 8.62. The molecule has 70 valence electrons. The second-order valence-electron chi connectivity index (χ2n) is 3.27. The molecule has 1 aromatic heterocycles. The molecule has 0 saturated carbocycles. The minimum Gasteiger partial charge on any atom is -0.288 e. The second kappa shape index (κ2) is 3.17. The Hall–Kier alpha value is -1.67. The Kier molecular flexibility index (Phi) is 1.82. The summed E-state index contributed by atoms with van der Waals surface area (Å²) in [6, 6.07) is 17.1. The zero-order chi connectivity index (χ0) is 10.3. The summed E-state index contributed by atoms with van der Waals surface area (Å²) in [5.74, 6) is 0. The van der Waals surface area contributed by atoms with Crippen molar-refractivity contribution in [2.45, 2.75) is 0 Å². The van der Waals surface area contributed by atoms with Crippen LogP contribution in [0.15, 0.2) is 41.2 Å². The van der Waals surface area contributed by atoms with E-state index in [-0.39, 0.29) is 5.43 Å². The van der Waals surface area contributed by atoms with Gasteiger partial charge in [-0.05, 0) is 24.3 Å². The van der Waals surface area contributed by atoms with Crippen molar-refractivity contribution in [1.29, 1.82) is 0 Å². The first-order chi connectivity index (χ1) is 7.36. The van der Waals surface area contributed by atoms with E-state index in [1.807, 2.05) is 30.3 Å². The average Bonchev–Trinajstić information content (AvgIpc) is 2.30. The van der Waals surface area contributed by atoms with Gasteiger partial charge < -0.3 is 0 Å². The minimum atomic E-state index is 0.0520. The smallest absolute Gasteiger partial charge is 0.196 e. The van der Waals surface area contributed by atoms with E-state index in [0.29, 0.717) is 5.39 Å². The molecule has 0 spiro atoms. The summed E-state index contributed by atoms with van der Waals surface area (Å²) in [5, 5.41) is 1.41. The molecule has 0 atom stereocenters. The van der Waals surface area contributed by atoms with Gasteiger partial charge in [0.1, 0.15) is 0 Å². The van der Waals surface area contributed by atoms with Crippen molar-refractivity contribution in [2.24, 2.45) is 0 Å². The number of hydrogen-bond donors (Lipinski definition) is 0. The summed E-state index contributed by atoms with van der Waals surface area (Å²) in [7, 11) is 0. The molecule has 1 heterocycles. The van der Waals surface area contributed by atoms with Gasteiger partial charge in [-0.2, -0.15) is 0 Å². The van der Waals surface area contributed by atoms with Gasteiger partial charge in [0.05, 0.1) is 0 Å². The molecule has 1 nitrogen and oxygen atoms in total. The van der Waals surface area contributed by atoms with E-state index < -0.39 is 0 Å². The summed E-state index contributed by atoms with van der Waals surface area (Å²) in [5.41, 5.74) is 0.0520. The fourth-order valence-electron chi connectivity index (χ4n) is 1.63. The van der Waals surface area contributed by atoms with Crippen molar-refractivity contribution >= 4 is 31.5 Å². The maximum atomic E-state index is 12.0. The Labute approximate surface area is 90.6 Å². The fraction of sp³-hybridized carbons (Fsp3) is 0. The lowest BCUT2D eigenvalue weighted by Gasteiger charge is -1.98. The lowest BCUT2D eigenvalue weighted by molar-refractivity contribution is 1.73. The van der Waals surface area contributed by atoms with E-state index in [0.717, 1.165) is 14.8 Å². The van der Waals surface area contributed by atoms with Gasteiger partial charge in [0.2, 0.25) is 0 Å². The molecule has 0 aliphatic heterocycles. The Morgan fingerprint density at radius 2 is 1.93 bits per heavy atom. The summed E-state index contributed by atoms with van der Waals surface area (Å²) in [6.07, 6.45) is 0. The fourth-order valence-corrected chi connectivity index (χ4v) is 2.66. The highest BCUT2D eigenvalue weighted by Gasteiger charge is 2.03. The SMILES string of the molecule is O=c1c2[c][c]ccc2sc2ccccc12. The van der Waals surface area contributed by atoms with Crippen molar-refractivity contribution in [3.63, 3.8) is 0 Å². The number of fused-ring (bicyclic) bond motifs is 2. The molecule has 0 bridgehead atoms. The molecule has 0 N–H and O–H groups in total. The Bertz CT molecular complexity index is 640. The van der Waals surface area contributed by atoms with Crippen molar-refractivity contribution in [2.75, 3.05) is 0 Å². The lowest BCUT2D eigenvalue weighted by Crippen LogP contribution is -2.00. The first-order valence-electron chi connectivity index (χ1n) is 4.60. The maximum Gasteiger partial charge on any atom is 0.196 e. The van der Waals surface area contributed by atoms with Gasteiger partial charge in [-0.1, -0.05) is 18.2 Å². The number of hydrogen-bond acceptors (Lipinski definition) is 2. The van der Waals surface area contributed by atoms with Crippen LogP contribution in [0.4, 0.5) is 0 Å². The lowest BCUT2D eigenvalue weighted by atomic mass is 10.2. The number of benzene rings is 2. The van der Waals surface area contributed by atoms with Crippen molar-refractivity contribution < 1.29 is 0 Å². The van der Waals surface area contributed by atoms with Gasteiger partial charge in [0.25, 0.3) is 0 Å². The molecule has 0 saturated heterocycles. The highest BCUT2D eigenvalue weighted by atomic mass is 32.1. The largest absolute Gasteiger partial charge is 0.288 e. The van der Waals surface area contributed by atoms with E-state index in [4.69, 9.17) is 0 Å². The monoisotopic (exact) mass is 210 g/mol. The molecule has 2 aromatic carbocycles. The van der Waals surface area contributed by atoms with Crippen LogP contribution in [0, 0.1) is 12.1 Å². The molecule has 0 amide bonds. The van der Waals surface area contributed by atoms with Crippen LogP contribution in [-0.4, -0.2) is 0 Å². The predicted octanol–water partition coefficient (Wildman–Crippen LogP) is 3.02. The van der Waals surface area contributed by atoms with Gasteiger partial charge >= 0.3 is 0 Å². The molecule has 0 aliphatic carbocycles. The summed E-state index contributed by atoms with van der Waals surface area (Å²) < 4.78 is 1.99. The molecule has 3 rings (SSSR count). The van der Waals surface area contributed by atoms with Crippen LogP contribution in [0.5, 0.6) is 0 Å². The molecule has 2 heteroatoms. The molecule has 3 aromatic rings. The van der Waals surface area contributed by atoms with Crippen LogP contribution in [-0.2, 0) is 0 Å². The quantitative estimate of drug-likeness (QED) is 0.521. The minimum absolute atomic E-state index is 0.0520. The summed E-state index contributed by atoms with van der Waals surface area (Å²) in [6.45, 7) is 0. The topological polar surface area (TPSA) is 17.1 Å². The van der Waals surface area contributed by atoms with Crippen molar-refractivity contribution in [3.05, 3.63) is 58.8 Å². The highest BCUT2D eigenvalue weighted by molar-refractivity contribution is 7.24. The second-order valence-corrected chi connectivity index (χ2v) is 4.35. The Balaban J connectivity index is 2.66. The van der Waals surface area contributed by atoms with Gasteiger partial charge in [-0.15, -0.1) is 11.3 Å². The van der Waals surface area contributed by atoms with Crippen molar-refractivity contribution in [1.82, 2.24) is 0 Å². The van der Waals surface area contributed by atoms with Gasteiger partial charge in [-0.3, -0.25) is 4.79 Å². The van der Waals surface area contributed by atoms with Crippen LogP contribution < -0.4 is 5.43 Å². The van der Waals surface area contributed by atoms with E-state index in [2.05, 4.69) is 12.1 Å². The molecular weight excluding hydrogens is 204 g/mol. The normalized spacial score (nSPS) is 10.9. The Morgan fingerprint density at radius 1 is 1.07 bits per heavy atom. The summed E-state index contributed by atoms with van der Waals surface area (Å²) >= 11 is 1.61. The van der Waals surface area contributed by atoms with Crippen LogP contribution in [0.25, 0.3) is 20.2 Å². The van der Waals surface area contributed by atoms with Gasteiger partial charge in [0, 0.05) is 26.2 Å². The molecule has 0 unspecified atom stereocenters. The van der Waals surface area contributed by atoms with E-state index in [1.54, 1.807) is 17.4 Å². The maximum absolute atomic E-state index is 12.0. The van der Waals surface area contributed by atoms with Crippen LogP contribution in [0.3, 0.4) is 0 Å². The predicted molar refractivity (Wildman–Crippen MR) is 63.3 cm³/mol. The van der Waals surface area contributed by atoms with E-state index in [9.17, 15) is 4.79 Å². The van der Waals surface area contributed by atoms with E-state index in [1.165, 1.54) is 0 Å². The molecular formula is C13H6OS. The summed E-state index contributed by atoms with van der Waals surface area (Å²) in [4.78, 5) is 12.0. The molecule has 0 aliphatic rings. The van der Waals surface area contributed by atoms with Crippen LogP contribution >= 0.6 is 11.3 Å². The van der Waals surface area contributed by atoms with Crippen molar-refractivity contribution in [3.8, 4) is 0 Å². The van der Waals surface area contributed by atoms with Gasteiger partial charge in [-0.25, -0.2) is 0 Å². The third-order valence-corrected chi connectivity index (χ3v) is 3.48. The van der Waals surface area contributed by atoms with Gasteiger partial charge in [0.15, 0.2) is 5.43 Å². The highest BCUT2D eigenvalue weighted by Crippen LogP contribution is 2.23. The zero-order valence-electron chi connectivity index (χ0n) is 7.78. The molecule has 2 radical (unpaired) electrons. The molecule has 0 fully saturated rings. The average molecular weight is 210 g/mol. The third-order valence-electron chi connectivity index (χ3n) is 2.34. The third kappa shape index (κ3) is 1.26. The number of rotatable bonds is 0.